The molecule has 0 aromatic heterocycles. The lowest BCUT2D eigenvalue weighted by atomic mass is 10.1. The SMILES string of the molecule is CCC1COCCN1c1ccc(/C(N)=N/O)cc1. The monoisotopic (exact) mass is 249 g/mol. The van der Waals surface area contributed by atoms with E-state index in [1.807, 2.05) is 24.3 Å². The van der Waals surface area contributed by atoms with Crippen molar-refractivity contribution in [1.82, 2.24) is 0 Å². The number of ether oxygens (including phenoxy) is 1. The molecule has 18 heavy (non-hydrogen) atoms. The molecule has 1 aliphatic rings. The van der Waals surface area contributed by atoms with Gasteiger partial charge in [0.2, 0.25) is 0 Å². The van der Waals surface area contributed by atoms with Crippen molar-refractivity contribution in [3.8, 4) is 0 Å². The van der Waals surface area contributed by atoms with Gasteiger partial charge in [0.15, 0.2) is 5.84 Å². The van der Waals surface area contributed by atoms with Gasteiger partial charge in [0.1, 0.15) is 0 Å². The van der Waals surface area contributed by atoms with Gasteiger partial charge in [-0.1, -0.05) is 12.1 Å². The fraction of sp³-hybridized carbons (Fsp3) is 0.462. The Morgan fingerprint density at radius 3 is 2.83 bits per heavy atom. The number of hydrogen-bond acceptors (Lipinski definition) is 4. The van der Waals surface area contributed by atoms with Crippen LogP contribution in [0.15, 0.2) is 29.4 Å². The highest BCUT2D eigenvalue weighted by Crippen LogP contribution is 2.21. The van der Waals surface area contributed by atoms with Crippen LogP contribution in [0.2, 0.25) is 0 Å². The molecule has 1 heterocycles. The maximum absolute atomic E-state index is 8.62. The third-order valence-electron chi connectivity index (χ3n) is 3.30. The summed E-state index contributed by atoms with van der Waals surface area (Å²) in [5, 5.41) is 11.6. The molecule has 0 amide bonds. The molecule has 0 saturated carbocycles. The molecule has 0 spiro atoms. The van der Waals surface area contributed by atoms with E-state index < -0.39 is 0 Å². The first-order chi connectivity index (χ1) is 8.76. The highest BCUT2D eigenvalue weighted by molar-refractivity contribution is 5.97. The van der Waals surface area contributed by atoms with Gasteiger partial charge < -0.3 is 20.6 Å². The third kappa shape index (κ3) is 2.56. The fourth-order valence-electron chi connectivity index (χ4n) is 2.21. The molecule has 3 N–H and O–H groups in total. The predicted molar refractivity (Wildman–Crippen MR) is 71.2 cm³/mol. The van der Waals surface area contributed by atoms with E-state index in [0.717, 1.165) is 37.4 Å². The molecule has 1 aliphatic heterocycles. The number of benzene rings is 1. The first-order valence-electron chi connectivity index (χ1n) is 6.18. The zero-order valence-electron chi connectivity index (χ0n) is 10.5. The molecule has 5 heteroatoms. The van der Waals surface area contributed by atoms with Crippen LogP contribution >= 0.6 is 0 Å². The second-order valence-electron chi connectivity index (χ2n) is 4.36. The van der Waals surface area contributed by atoms with Gasteiger partial charge in [0.05, 0.1) is 19.3 Å². The molecule has 0 bridgehead atoms. The van der Waals surface area contributed by atoms with Crippen LogP contribution < -0.4 is 10.6 Å². The largest absolute Gasteiger partial charge is 0.409 e. The number of nitrogens with zero attached hydrogens (tertiary/aromatic N) is 2. The van der Waals surface area contributed by atoms with E-state index in [9.17, 15) is 0 Å². The molecule has 1 atom stereocenters. The van der Waals surface area contributed by atoms with E-state index in [-0.39, 0.29) is 5.84 Å². The van der Waals surface area contributed by atoms with Crippen molar-refractivity contribution in [2.45, 2.75) is 19.4 Å². The van der Waals surface area contributed by atoms with E-state index in [0.29, 0.717) is 6.04 Å². The zero-order chi connectivity index (χ0) is 13.0. The minimum absolute atomic E-state index is 0.135. The summed E-state index contributed by atoms with van der Waals surface area (Å²) in [5.74, 6) is 0.135. The van der Waals surface area contributed by atoms with E-state index in [1.165, 1.54) is 0 Å². The van der Waals surface area contributed by atoms with Crippen LogP contribution in [-0.4, -0.2) is 36.8 Å². The van der Waals surface area contributed by atoms with Gasteiger partial charge in [0.25, 0.3) is 0 Å². The van der Waals surface area contributed by atoms with Gasteiger partial charge in [-0.2, -0.15) is 0 Å². The van der Waals surface area contributed by atoms with Crippen molar-refractivity contribution in [1.29, 1.82) is 0 Å². The maximum Gasteiger partial charge on any atom is 0.170 e. The standard InChI is InChI=1S/C13H19N3O2/c1-2-11-9-18-8-7-16(11)12-5-3-10(4-6-12)13(14)15-17/h3-6,11,17H,2,7-9H2,1H3,(H2,14,15). The highest BCUT2D eigenvalue weighted by atomic mass is 16.5. The summed E-state index contributed by atoms with van der Waals surface area (Å²) in [6.45, 7) is 4.61. The van der Waals surface area contributed by atoms with Gasteiger partial charge in [0, 0.05) is 17.8 Å². The molecule has 1 unspecified atom stereocenters. The number of anilines is 1. The minimum Gasteiger partial charge on any atom is -0.409 e. The Kier molecular flexibility index (Phi) is 4.04. The molecule has 5 nitrogen and oxygen atoms in total. The lowest BCUT2D eigenvalue weighted by Crippen LogP contribution is -2.45. The van der Waals surface area contributed by atoms with Gasteiger partial charge >= 0.3 is 0 Å². The lowest BCUT2D eigenvalue weighted by Gasteiger charge is -2.37. The van der Waals surface area contributed by atoms with Gasteiger partial charge in [-0.05, 0) is 30.7 Å². The molecule has 0 aliphatic carbocycles. The topological polar surface area (TPSA) is 71.1 Å². The Labute approximate surface area is 107 Å². The number of oxime groups is 1. The number of amidine groups is 1. The Balaban J connectivity index is 2.17. The van der Waals surface area contributed by atoms with Crippen molar-refractivity contribution < 1.29 is 9.94 Å². The third-order valence-corrected chi connectivity index (χ3v) is 3.30. The Morgan fingerprint density at radius 2 is 2.22 bits per heavy atom. The second kappa shape index (κ2) is 5.73. The van der Waals surface area contributed by atoms with Crippen molar-refractivity contribution in [3.63, 3.8) is 0 Å². The summed E-state index contributed by atoms with van der Waals surface area (Å²) in [5.41, 5.74) is 7.42. The van der Waals surface area contributed by atoms with Crippen LogP contribution in [0.5, 0.6) is 0 Å². The van der Waals surface area contributed by atoms with E-state index in [2.05, 4.69) is 17.0 Å². The molecule has 1 aromatic rings. The summed E-state index contributed by atoms with van der Waals surface area (Å²) in [6.07, 6.45) is 1.06. The predicted octanol–water partition coefficient (Wildman–Crippen LogP) is 1.40. The lowest BCUT2D eigenvalue weighted by molar-refractivity contribution is 0.0930. The molecule has 98 valence electrons. The first-order valence-corrected chi connectivity index (χ1v) is 6.18. The maximum atomic E-state index is 8.62. The molecule has 2 rings (SSSR count). The fourth-order valence-corrected chi connectivity index (χ4v) is 2.21. The molecule has 0 radical (unpaired) electrons. The normalized spacial score (nSPS) is 21.1. The molecule has 1 fully saturated rings. The van der Waals surface area contributed by atoms with Crippen molar-refractivity contribution in [2.75, 3.05) is 24.7 Å². The summed E-state index contributed by atoms with van der Waals surface area (Å²) in [7, 11) is 0. The Bertz CT molecular complexity index is 417. The Morgan fingerprint density at radius 1 is 1.50 bits per heavy atom. The van der Waals surface area contributed by atoms with Gasteiger partial charge in [-0.15, -0.1) is 0 Å². The number of morpholine rings is 1. The van der Waals surface area contributed by atoms with Crippen LogP contribution in [0.4, 0.5) is 5.69 Å². The highest BCUT2D eigenvalue weighted by Gasteiger charge is 2.21. The van der Waals surface area contributed by atoms with Crippen molar-refractivity contribution in [2.24, 2.45) is 10.9 Å². The average molecular weight is 249 g/mol. The number of rotatable bonds is 3. The summed E-state index contributed by atoms with van der Waals surface area (Å²) >= 11 is 0. The Hall–Kier alpha value is -1.75. The smallest absolute Gasteiger partial charge is 0.170 e. The van der Waals surface area contributed by atoms with Crippen LogP contribution in [0, 0.1) is 0 Å². The van der Waals surface area contributed by atoms with Crippen molar-refractivity contribution >= 4 is 11.5 Å². The number of hydrogen-bond donors (Lipinski definition) is 2. The van der Waals surface area contributed by atoms with Crippen LogP contribution in [-0.2, 0) is 4.74 Å². The molecular weight excluding hydrogens is 230 g/mol. The minimum atomic E-state index is 0.135. The van der Waals surface area contributed by atoms with Crippen LogP contribution in [0.3, 0.4) is 0 Å². The molecular formula is C13H19N3O2. The zero-order valence-corrected chi connectivity index (χ0v) is 10.5. The van der Waals surface area contributed by atoms with E-state index in [4.69, 9.17) is 15.7 Å². The van der Waals surface area contributed by atoms with E-state index in [1.54, 1.807) is 0 Å². The van der Waals surface area contributed by atoms with Gasteiger partial charge in [-0.3, -0.25) is 0 Å². The number of nitrogens with two attached hydrogens (primary N) is 1. The van der Waals surface area contributed by atoms with Gasteiger partial charge in [-0.25, -0.2) is 0 Å². The summed E-state index contributed by atoms with van der Waals surface area (Å²) in [6, 6.07) is 8.16. The average Bonchev–Trinajstić information content (AvgIpc) is 2.46. The second-order valence-corrected chi connectivity index (χ2v) is 4.36. The van der Waals surface area contributed by atoms with Crippen molar-refractivity contribution in [3.05, 3.63) is 29.8 Å². The summed E-state index contributed by atoms with van der Waals surface area (Å²) < 4.78 is 5.49. The summed E-state index contributed by atoms with van der Waals surface area (Å²) in [4.78, 5) is 2.35. The molecule has 1 aromatic carbocycles. The van der Waals surface area contributed by atoms with Crippen LogP contribution in [0.25, 0.3) is 0 Å². The molecule has 1 saturated heterocycles. The quantitative estimate of drug-likeness (QED) is 0.367. The van der Waals surface area contributed by atoms with E-state index >= 15 is 0 Å². The first kappa shape index (κ1) is 12.7. The van der Waals surface area contributed by atoms with Crippen LogP contribution in [0.1, 0.15) is 18.9 Å².